The van der Waals surface area contributed by atoms with Crippen LogP contribution in [0.5, 0.6) is 0 Å². The maximum Gasteiger partial charge on any atom is 0.0954 e. The Morgan fingerprint density at radius 2 is 1.25 bits per heavy atom. The minimum Gasteiger partial charge on any atom is -0.364 e. The van der Waals surface area contributed by atoms with E-state index in [4.69, 9.17) is 0 Å². The van der Waals surface area contributed by atoms with Crippen molar-refractivity contribution in [2.45, 2.75) is 68.7 Å². The second-order valence-corrected chi connectivity index (χ2v) is 2.74. The van der Waals surface area contributed by atoms with E-state index in [1.165, 1.54) is 6.42 Å². The fourth-order valence-electron chi connectivity index (χ4n) is 0.578. The number of hydrogen-bond acceptors (Lipinski definition) is 1. The Morgan fingerprint density at radius 3 is 1.44 bits per heavy atom. The zero-order valence-electron chi connectivity index (χ0n) is 13.5. The van der Waals surface area contributed by atoms with Gasteiger partial charge in [-0.2, -0.15) is 0 Å². The lowest BCUT2D eigenvalue weighted by Gasteiger charge is -2.14. The van der Waals surface area contributed by atoms with Gasteiger partial charge in [-0.15, -0.1) is 0 Å². The average molecular weight is 232 g/mol. The Hall–Kier alpha value is -0.530. The van der Waals surface area contributed by atoms with E-state index < -0.39 is 0 Å². The molecule has 0 aliphatic rings. The molecule has 102 valence electrons. The summed E-state index contributed by atoms with van der Waals surface area (Å²) in [7, 11) is 2.05. The fourth-order valence-corrected chi connectivity index (χ4v) is 0.578. The molecule has 0 aliphatic carbocycles. The van der Waals surface area contributed by atoms with Crippen molar-refractivity contribution in [3.8, 4) is 0 Å². The molecule has 2 nitrogen and oxygen atoms in total. The zero-order chi connectivity index (χ0) is 14.0. The molecular weight excluding hydrogens is 196 g/mol. The summed E-state index contributed by atoms with van der Waals surface area (Å²) in [6.45, 7) is 20.4. The van der Waals surface area contributed by atoms with Gasteiger partial charge in [0.25, 0.3) is 0 Å². The van der Waals surface area contributed by atoms with Crippen molar-refractivity contribution in [1.29, 1.82) is 0 Å². The van der Waals surface area contributed by atoms with Crippen LogP contribution in [0.3, 0.4) is 0 Å². The molecule has 0 atom stereocenters. The summed E-state index contributed by atoms with van der Waals surface area (Å²) in [5.41, 5.74) is 0. The first-order valence-electron chi connectivity index (χ1n) is 6.86. The highest BCUT2D eigenvalue weighted by molar-refractivity contribution is 5.79. The molecule has 0 rings (SSSR count). The smallest absolute Gasteiger partial charge is 0.0954 e. The third-order valence-electron chi connectivity index (χ3n) is 1.41. The van der Waals surface area contributed by atoms with Gasteiger partial charge in [0.05, 0.1) is 5.84 Å². The van der Waals surface area contributed by atoms with E-state index in [9.17, 15) is 0 Å². The van der Waals surface area contributed by atoms with Gasteiger partial charge in [0.15, 0.2) is 0 Å². The molecule has 0 aliphatic heterocycles. The van der Waals surface area contributed by atoms with Crippen molar-refractivity contribution in [1.82, 2.24) is 4.90 Å². The topological polar surface area (TPSA) is 15.6 Å². The Morgan fingerprint density at radius 1 is 0.938 bits per heavy atom. The highest BCUT2D eigenvalue weighted by Crippen LogP contribution is 1.85. The Kier molecular flexibility index (Phi) is 45.0. The lowest BCUT2D eigenvalue weighted by molar-refractivity contribution is 0.530. The fraction of sp³-hybridized carbons (Fsp3) is 0.929. The maximum absolute atomic E-state index is 4.24. The quantitative estimate of drug-likeness (QED) is 0.491. The largest absolute Gasteiger partial charge is 0.364 e. The van der Waals surface area contributed by atoms with Crippen LogP contribution in [-0.2, 0) is 0 Å². The van der Waals surface area contributed by atoms with Crippen LogP contribution in [0.2, 0.25) is 0 Å². The van der Waals surface area contributed by atoms with Gasteiger partial charge in [-0.05, 0) is 20.8 Å². The van der Waals surface area contributed by atoms with E-state index in [1.54, 1.807) is 0 Å². The number of aliphatic imine (C=N–C) groups is 1. The molecule has 0 aromatic heterocycles. The number of rotatable bonds is 2. The van der Waals surface area contributed by atoms with Gasteiger partial charge in [-0.25, -0.2) is 0 Å². The zero-order valence-corrected chi connectivity index (χ0v) is 13.5. The first-order chi connectivity index (χ1) is 7.63. The van der Waals surface area contributed by atoms with E-state index in [1.807, 2.05) is 41.5 Å². The maximum atomic E-state index is 4.24. The monoisotopic (exact) mass is 232 g/mol. The molecule has 0 saturated carbocycles. The molecule has 16 heavy (non-hydrogen) atoms. The van der Waals surface area contributed by atoms with Gasteiger partial charge in [0, 0.05) is 20.1 Å². The van der Waals surface area contributed by atoms with Crippen LogP contribution in [0.15, 0.2) is 4.99 Å². The van der Waals surface area contributed by atoms with Crippen molar-refractivity contribution < 1.29 is 0 Å². The summed E-state index contributed by atoms with van der Waals surface area (Å²) in [5, 5.41) is 0. The van der Waals surface area contributed by atoms with Gasteiger partial charge in [0.1, 0.15) is 0 Å². The molecule has 0 aromatic carbocycles. The van der Waals surface area contributed by atoms with E-state index in [0.717, 1.165) is 18.9 Å². The summed E-state index contributed by atoms with van der Waals surface area (Å²) < 4.78 is 0. The van der Waals surface area contributed by atoms with E-state index in [2.05, 4.69) is 37.7 Å². The first kappa shape index (κ1) is 24.6. The summed E-state index contributed by atoms with van der Waals surface area (Å²) in [4.78, 5) is 6.37. The third-order valence-corrected chi connectivity index (χ3v) is 1.41. The van der Waals surface area contributed by atoms with Gasteiger partial charge in [-0.1, -0.05) is 48.0 Å². The van der Waals surface area contributed by atoms with Crippen molar-refractivity contribution in [2.24, 2.45) is 4.99 Å². The number of hydrogen-bond donors (Lipinski definition) is 0. The Balaban J connectivity index is -0.0000000864. The Labute approximate surface area is 105 Å². The highest BCUT2D eigenvalue weighted by Gasteiger charge is 1.92. The molecular formula is C14H36N2. The average Bonchev–Trinajstić information content (AvgIpc) is 2.34. The van der Waals surface area contributed by atoms with Gasteiger partial charge in [-0.3, -0.25) is 4.99 Å². The van der Waals surface area contributed by atoms with Gasteiger partial charge in [0.2, 0.25) is 0 Å². The Bertz CT molecular complexity index is 109. The molecule has 0 heterocycles. The van der Waals surface area contributed by atoms with Crippen molar-refractivity contribution in [3.05, 3.63) is 0 Å². The number of amidine groups is 1. The summed E-state index contributed by atoms with van der Waals surface area (Å²) in [6.07, 6.45) is 1.25. The van der Waals surface area contributed by atoms with Crippen LogP contribution < -0.4 is 0 Å². The van der Waals surface area contributed by atoms with Crippen LogP contribution in [-0.4, -0.2) is 30.9 Å². The molecule has 0 fully saturated rings. The minimum atomic E-state index is 0.885. The third kappa shape index (κ3) is 29.2. The molecule has 0 aromatic rings. The minimum absolute atomic E-state index is 0.885. The molecule has 0 N–H and O–H groups in total. The van der Waals surface area contributed by atoms with Crippen LogP contribution >= 0.6 is 0 Å². The van der Waals surface area contributed by atoms with Crippen molar-refractivity contribution in [2.75, 3.05) is 20.1 Å². The van der Waals surface area contributed by atoms with E-state index in [-0.39, 0.29) is 0 Å². The molecule has 0 bridgehead atoms. The molecule has 2 heteroatoms. The van der Waals surface area contributed by atoms with Crippen LogP contribution in [0.4, 0.5) is 0 Å². The molecule has 0 amide bonds. The van der Waals surface area contributed by atoms with E-state index in [0.29, 0.717) is 0 Å². The van der Waals surface area contributed by atoms with Crippen LogP contribution in [0.25, 0.3) is 0 Å². The summed E-state index contributed by atoms with van der Waals surface area (Å²) in [6, 6.07) is 0. The lowest BCUT2D eigenvalue weighted by Crippen LogP contribution is -2.23. The van der Waals surface area contributed by atoms with Gasteiger partial charge >= 0.3 is 0 Å². The predicted molar refractivity (Wildman–Crippen MR) is 80.6 cm³/mol. The molecule has 0 spiro atoms. The summed E-state index contributed by atoms with van der Waals surface area (Å²) >= 11 is 0. The molecule has 0 unspecified atom stereocenters. The second kappa shape index (κ2) is 29.3. The summed E-state index contributed by atoms with van der Waals surface area (Å²) in [5.74, 6) is 1.12. The first-order valence-corrected chi connectivity index (χ1v) is 6.86. The molecule has 0 saturated heterocycles. The second-order valence-electron chi connectivity index (χ2n) is 2.74. The van der Waals surface area contributed by atoms with Crippen molar-refractivity contribution in [3.63, 3.8) is 0 Å². The normalized spacial score (nSPS) is 8.50. The number of nitrogens with zero attached hydrogens (tertiary/aromatic N) is 2. The van der Waals surface area contributed by atoms with Crippen molar-refractivity contribution >= 4 is 5.84 Å². The van der Waals surface area contributed by atoms with E-state index >= 15 is 0 Å². The lowest BCUT2D eigenvalue weighted by atomic mass is 10.5. The van der Waals surface area contributed by atoms with Crippen LogP contribution in [0.1, 0.15) is 68.7 Å². The van der Waals surface area contributed by atoms with Gasteiger partial charge < -0.3 is 4.90 Å². The SMILES string of the molecule is CC.CC.CCC.CCN=C(C)N(C)CC. The standard InChI is InChI=1S/C7H16N2.C3H8.2C2H6/c1-5-8-7(3)9(4)6-2;1-3-2;2*1-2/h5-6H2,1-4H3;3H2,1-2H3;2*1-2H3. The highest BCUT2D eigenvalue weighted by atomic mass is 15.1. The molecule has 0 radical (unpaired) electrons. The van der Waals surface area contributed by atoms with Crippen LogP contribution in [0, 0.1) is 0 Å². The predicted octanol–water partition coefficient (Wildman–Crippen LogP) is 4.85.